The van der Waals surface area contributed by atoms with Gasteiger partial charge in [-0.3, -0.25) is 19.0 Å². The van der Waals surface area contributed by atoms with Gasteiger partial charge in [-0.15, -0.1) is 0 Å². The first-order valence-electron chi connectivity index (χ1n) is 14.3. The SMILES string of the molecule is CNC(=O)C(C)n1nc(C)c(-c2ccc3nc(C(NC(=O)c4ccnn4C)C(c4ccccc4Cl)C(C)C)[nH]c3c2)c1C. The van der Waals surface area contributed by atoms with E-state index in [-0.39, 0.29) is 23.7 Å². The van der Waals surface area contributed by atoms with Crippen molar-refractivity contribution >= 4 is 34.4 Å². The molecule has 0 aliphatic rings. The molecular weight excluding hydrogens is 564 g/mol. The van der Waals surface area contributed by atoms with Crippen molar-refractivity contribution in [2.24, 2.45) is 13.0 Å². The fraction of sp³-hybridized carbons (Fsp3) is 0.344. The van der Waals surface area contributed by atoms with Gasteiger partial charge in [0.1, 0.15) is 17.6 Å². The van der Waals surface area contributed by atoms with Gasteiger partial charge in [-0.25, -0.2) is 4.98 Å². The molecule has 5 aromatic rings. The zero-order valence-corrected chi connectivity index (χ0v) is 26.2. The van der Waals surface area contributed by atoms with Crippen molar-refractivity contribution in [3.8, 4) is 11.1 Å². The molecular formula is C32H37ClN8O2. The average molecular weight is 601 g/mol. The number of benzene rings is 2. The Kier molecular flexibility index (Phi) is 8.41. The summed E-state index contributed by atoms with van der Waals surface area (Å²) < 4.78 is 3.31. The minimum absolute atomic E-state index is 0.108. The van der Waals surface area contributed by atoms with Gasteiger partial charge in [0.15, 0.2) is 0 Å². The molecule has 0 fully saturated rings. The summed E-state index contributed by atoms with van der Waals surface area (Å²) in [6, 6.07) is 14.5. The number of imidazole rings is 1. The maximum absolute atomic E-state index is 13.5. The third kappa shape index (κ3) is 5.67. The van der Waals surface area contributed by atoms with Gasteiger partial charge in [0, 0.05) is 42.5 Å². The molecule has 0 saturated carbocycles. The van der Waals surface area contributed by atoms with Crippen molar-refractivity contribution in [3.63, 3.8) is 0 Å². The maximum Gasteiger partial charge on any atom is 0.270 e. The zero-order chi connectivity index (χ0) is 31.0. The van der Waals surface area contributed by atoms with Crippen LogP contribution in [0.2, 0.25) is 5.02 Å². The summed E-state index contributed by atoms with van der Waals surface area (Å²) in [5.74, 6) is 0.188. The van der Waals surface area contributed by atoms with Crippen molar-refractivity contribution in [2.45, 2.75) is 52.6 Å². The van der Waals surface area contributed by atoms with Gasteiger partial charge >= 0.3 is 0 Å². The minimum Gasteiger partial charge on any atom is -0.357 e. The summed E-state index contributed by atoms with van der Waals surface area (Å²) in [5.41, 5.74) is 6.60. The topological polar surface area (TPSA) is 123 Å². The molecule has 43 heavy (non-hydrogen) atoms. The molecule has 2 amide bonds. The molecule has 3 atom stereocenters. The number of carbonyl (C=O) groups is 2. The van der Waals surface area contributed by atoms with E-state index < -0.39 is 12.1 Å². The van der Waals surface area contributed by atoms with E-state index in [2.05, 4.69) is 39.7 Å². The van der Waals surface area contributed by atoms with Crippen LogP contribution in [0.15, 0.2) is 54.7 Å². The highest BCUT2D eigenvalue weighted by Gasteiger charge is 2.33. The van der Waals surface area contributed by atoms with Crippen molar-refractivity contribution in [1.82, 2.24) is 40.2 Å². The predicted octanol–water partition coefficient (Wildman–Crippen LogP) is 5.65. The van der Waals surface area contributed by atoms with E-state index in [1.165, 1.54) is 0 Å². The number of aromatic nitrogens is 6. The largest absolute Gasteiger partial charge is 0.357 e. The van der Waals surface area contributed by atoms with E-state index in [4.69, 9.17) is 16.6 Å². The summed E-state index contributed by atoms with van der Waals surface area (Å²) in [7, 11) is 3.36. The number of carbonyl (C=O) groups excluding carboxylic acids is 2. The highest BCUT2D eigenvalue weighted by atomic mass is 35.5. The number of hydrogen-bond acceptors (Lipinski definition) is 5. The van der Waals surface area contributed by atoms with Crippen LogP contribution in [0.3, 0.4) is 0 Å². The van der Waals surface area contributed by atoms with Gasteiger partial charge in [-0.1, -0.05) is 49.7 Å². The fourth-order valence-electron chi connectivity index (χ4n) is 5.92. The number of amides is 2. The Bertz CT molecular complexity index is 1800. The molecule has 224 valence electrons. The Morgan fingerprint density at radius 3 is 2.44 bits per heavy atom. The van der Waals surface area contributed by atoms with Crippen LogP contribution in [0, 0.1) is 19.8 Å². The van der Waals surface area contributed by atoms with E-state index in [1.54, 1.807) is 35.7 Å². The van der Waals surface area contributed by atoms with Crippen molar-refractivity contribution < 1.29 is 9.59 Å². The summed E-state index contributed by atoms with van der Waals surface area (Å²) in [4.78, 5) is 34.3. The normalized spacial score (nSPS) is 13.7. The molecule has 11 heteroatoms. The number of hydrogen-bond donors (Lipinski definition) is 3. The molecule has 0 saturated heterocycles. The number of aryl methyl sites for hydroxylation is 2. The van der Waals surface area contributed by atoms with Gasteiger partial charge in [-0.2, -0.15) is 10.2 Å². The molecule has 5 rings (SSSR count). The van der Waals surface area contributed by atoms with Crippen LogP contribution < -0.4 is 10.6 Å². The number of halogens is 1. The first-order valence-corrected chi connectivity index (χ1v) is 14.7. The van der Waals surface area contributed by atoms with Crippen molar-refractivity contribution in [2.75, 3.05) is 7.05 Å². The zero-order valence-electron chi connectivity index (χ0n) is 25.4. The van der Waals surface area contributed by atoms with Crippen molar-refractivity contribution in [3.05, 3.63) is 88.2 Å². The van der Waals surface area contributed by atoms with Crippen LogP contribution >= 0.6 is 11.6 Å². The van der Waals surface area contributed by atoms with E-state index >= 15 is 0 Å². The molecule has 0 spiro atoms. The number of nitrogens with zero attached hydrogens (tertiary/aromatic N) is 5. The van der Waals surface area contributed by atoms with Crippen LogP contribution in [0.1, 0.15) is 72.0 Å². The van der Waals surface area contributed by atoms with Crippen molar-refractivity contribution in [1.29, 1.82) is 0 Å². The quantitative estimate of drug-likeness (QED) is 0.202. The fourth-order valence-corrected chi connectivity index (χ4v) is 6.18. The van der Waals surface area contributed by atoms with E-state index in [0.29, 0.717) is 16.5 Å². The van der Waals surface area contributed by atoms with Crippen LogP contribution in [-0.2, 0) is 11.8 Å². The summed E-state index contributed by atoms with van der Waals surface area (Å²) in [6.07, 6.45) is 1.60. The number of likely N-dealkylation sites (N-methyl/N-ethyl adjacent to an activating group) is 1. The van der Waals surface area contributed by atoms with Gasteiger partial charge in [0.2, 0.25) is 5.91 Å². The lowest BCUT2D eigenvalue weighted by atomic mass is 9.81. The van der Waals surface area contributed by atoms with Crippen LogP contribution in [-0.4, -0.2) is 48.4 Å². The molecule has 3 heterocycles. The third-order valence-electron chi connectivity index (χ3n) is 8.08. The smallest absolute Gasteiger partial charge is 0.270 e. The monoisotopic (exact) mass is 600 g/mol. The standard InChI is InChI=1S/C32H37ClN8O2/c1-17(2)27(22-10-8-9-11-23(22)33)29(38-32(43)26-14-15-35-40(26)7)30-36-24-13-12-21(16-25(24)37-30)28-18(3)39-41(19(28)4)20(5)31(42)34-6/h8-17,20,27,29H,1-7H3,(H,34,42)(H,36,37)(H,38,43). The molecule has 0 bridgehead atoms. The summed E-state index contributed by atoms with van der Waals surface area (Å²) in [6.45, 7) is 9.97. The summed E-state index contributed by atoms with van der Waals surface area (Å²) >= 11 is 6.72. The Labute approximate surface area is 255 Å². The lowest BCUT2D eigenvalue weighted by Gasteiger charge is -2.31. The number of aromatic amines is 1. The van der Waals surface area contributed by atoms with Gasteiger partial charge in [-0.05, 0) is 62.1 Å². The second-order valence-corrected chi connectivity index (χ2v) is 11.6. The lowest BCUT2D eigenvalue weighted by molar-refractivity contribution is -0.123. The Morgan fingerprint density at radius 1 is 1.05 bits per heavy atom. The number of H-pyrrole nitrogens is 1. The molecule has 10 nitrogen and oxygen atoms in total. The second kappa shape index (κ2) is 12.0. The Balaban J connectivity index is 1.60. The molecule has 0 aliphatic heterocycles. The van der Waals surface area contributed by atoms with Crippen LogP contribution in [0.4, 0.5) is 0 Å². The van der Waals surface area contributed by atoms with E-state index in [1.807, 2.05) is 63.2 Å². The molecule has 3 aromatic heterocycles. The van der Waals surface area contributed by atoms with Crippen LogP contribution in [0.5, 0.6) is 0 Å². The average Bonchev–Trinajstić information content (AvgIpc) is 3.68. The molecule has 2 aromatic carbocycles. The molecule has 3 N–H and O–H groups in total. The maximum atomic E-state index is 13.5. The van der Waals surface area contributed by atoms with Gasteiger partial charge in [0.05, 0.1) is 22.8 Å². The lowest BCUT2D eigenvalue weighted by Crippen LogP contribution is -2.36. The first-order chi connectivity index (χ1) is 20.5. The number of nitrogens with one attached hydrogen (secondary N) is 3. The third-order valence-corrected chi connectivity index (χ3v) is 8.43. The van der Waals surface area contributed by atoms with Crippen LogP contribution in [0.25, 0.3) is 22.2 Å². The van der Waals surface area contributed by atoms with Gasteiger partial charge in [0.25, 0.3) is 5.91 Å². The Morgan fingerprint density at radius 2 is 1.79 bits per heavy atom. The Hall–Kier alpha value is -4.44. The number of fused-ring (bicyclic) bond motifs is 1. The molecule has 0 aliphatic carbocycles. The highest BCUT2D eigenvalue weighted by Crippen LogP contribution is 2.40. The molecule has 0 radical (unpaired) electrons. The predicted molar refractivity (Wildman–Crippen MR) is 168 cm³/mol. The van der Waals surface area contributed by atoms with E-state index in [0.717, 1.165) is 39.1 Å². The molecule has 3 unspecified atom stereocenters. The minimum atomic E-state index is -0.516. The first kappa shape index (κ1) is 30.0. The van der Waals surface area contributed by atoms with Gasteiger partial charge < -0.3 is 15.6 Å². The van der Waals surface area contributed by atoms with E-state index in [9.17, 15) is 9.59 Å². The summed E-state index contributed by atoms with van der Waals surface area (Å²) in [5, 5.41) is 15.4. The highest BCUT2D eigenvalue weighted by molar-refractivity contribution is 6.31. The number of rotatable bonds is 9. The second-order valence-electron chi connectivity index (χ2n) is 11.2.